The van der Waals surface area contributed by atoms with Crippen LogP contribution in [0.2, 0.25) is 5.02 Å². The van der Waals surface area contributed by atoms with E-state index in [0.717, 1.165) is 6.42 Å². The van der Waals surface area contributed by atoms with Crippen LogP contribution < -0.4 is 11.1 Å². The zero-order valence-electron chi connectivity index (χ0n) is 17.3. The van der Waals surface area contributed by atoms with Gasteiger partial charge in [0.15, 0.2) is 0 Å². The summed E-state index contributed by atoms with van der Waals surface area (Å²) in [5.74, 6) is 0.179. The van der Waals surface area contributed by atoms with Crippen molar-refractivity contribution in [2.24, 2.45) is 23.0 Å². The lowest BCUT2D eigenvalue weighted by molar-refractivity contribution is -0.134. The topological polar surface area (TPSA) is 110 Å². The number of nitrogens with one attached hydrogen (secondary N) is 1. The fourth-order valence-corrected chi connectivity index (χ4v) is 8.82. The van der Waals surface area contributed by atoms with E-state index in [2.05, 4.69) is 5.32 Å². The molecule has 1 aromatic carbocycles. The average molecular weight is 466 g/mol. The normalized spacial score (nSPS) is 34.7. The molecule has 4 saturated carbocycles. The molecule has 1 aromatic rings. The van der Waals surface area contributed by atoms with Gasteiger partial charge in [-0.2, -0.15) is 4.31 Å². The van der Waals surface area contributed by atoms with Crippen molar-refractivity contribution in [2.45, 2.75) is 68.3 Å². The Morgan fingerprint density at radius 2 is 1.87 bits per heavy atom. The van der Waals surface area contributed by atoms with E-state index in [4.69, 9.17) is 17.3 Å². The minimum absolute atomic E-state index is 0.0670. The first-order chi connectivity index (χ1) is 14.7. The molecule has 5 fully saturated rings. The fraction of sp³-hybridized carbons (Fsp3) is 0.636. The molecule has 3 bridgehead atoms. The molecule has 1 aliphatic heterocycles. The second-order valence-electron chi connectivity index (χ2n) is 9.84. The van der Waals surface area contributed by atoms with Gasteiger partial charge in [0.1, 0.15) is 10.9 Å². The van der Waals surface area contributed by atoms with E-state index in [0.29, 0.717) is 30.1 Å². The number of carbonyl (C=O) groups is 2. The number of benzene rings is 1. The number of sulfonamides is 1. The van der Waals surface area contributed by atoms with Crippen molar-refractivity contribution < 1.29 is 18.0 Å². The van der Waals surface area contributed by atoms with Crippen LogP contribution in [0.25, 0.3) is 0 Å². The van der Waals surface area contributed by atoms with Crippen molar-refractivity contribution in [3.05, 3.63) is 28.8 Å². The van der Waals surface area contributed by atoms with Crippen LogP contribution in [-0.4, -0.2) is 43.2 Å². The number of halogens is 1. The van der Waals surface area contributed by atoms with Crippen molar-refractivity contribution in [2.75, 3.05) is 6.54 Å². The van der Waals surface area contributed by atoms with Gasteiger partial charge < -0.3 is 11.1 Å². The lowest BCUT2D eigenvalue weighted by atomic mass is 9.45. The summed E-state index contributed by atoms with van der Waals surface area (Å²) in [5.41, 5.74) is 5.93. The minimum atomic E-state index is -3.98. The summed E-state index contributed by atoms with van der Waals surface area (Å²) in [5, 5.41) is 3.19. The maximum absolute atomic E-state index is 13.3. The number of carbonyl (C=O) groups excluding carboxylic acids is 2. The van der Waals surface area contributed by atoms with Crippen molar-refractivity contribution in [1.29, 1.82) is 0 Å². The standard InChI is InChI=1S/C22H28ClN3O4S/c23-16-9-13(20(24)27)5-6-18(16)31(29,30)26-8-2-4-17(26)21(28)25-19-14-3-1-7-22(10-14)11-15(19)12-22/h5-6,9,14-15,17,19H,1-4,7-8,10-12H2,(H2,24,27)(H,25,28)/t14?,15?,17-,19?,22?/m1/s1. The van der Waals surface area contributed by atoms with E-state index in [9.17, 15) is 18.0 Å². The quantitative estimate of drug-likeness (QED) is 0.696. The molecule has 7 nitrogen and oxygen atoms in total. The highest BCUT2D eigenvalue weighted by molar-refractivity contribution is 7.89. The maximum Gasteiger partial charge on any atom is 0.248 e. The molecule has 0 radical (unpaired) electrons. The molecule has 3 atom stereocenters. The third kappa shape index (κ3) is 3.47. The molecule has 5 aliphatic rings. The van der Waals surface area contributed by atoms with Crippen LogP contribution in [0.15, 0.2) is 23.1 Å². The minimum Gasteiger partial charge on any atom is -0.366 e. The Balaban J connectivity index is 1.34. The lowest BCUT2D eigenvalue weighted by Gasteiger charge is -2.62. The molecule has 1 saturated heterocycles. The van der Waals surface area contributed by atoms with E-state index >= 15 is 0 Å². The summed E-state index contributed by atoms with van der Waals surface area (Å²) in [6, 6.07) is 3.34. The van der Waals surface area contributed by atoms with Crippen LogP contribution in [0.3, 0.4) is 0 Å². The van der Waals surface area contributed by atoms with Gasteiger partial charge in [-0.1, -0.05) is 18.0 Å². The van der Waals surface area contributed by atoms with Crippen LogP contribution in [0.1, 0.15) is 61.7 Å². The van der Waals surface area contributed by atoms with Crippen LogP contribution in [0.5, 0.6) is 0 Å². The molecule has 2 unspecified atom stereocenters. The SMILES string of the molecule is NC(=O)c1ccc(S(=O)(=O)N2CCC[C@@H]2C(=O)NC2C3CCCC4(C3)CC2C4)c(Cl)c1. The zero-order valence-corrected chi connectivity index (χ0v) is 18.9. The third-order valence-corrected chi connectivity index (χ3v) is 10.4. The number of hydrogen-bond donors (Lipinski definition) is 2. The van der Waals surface area contributed by atoms with Crippen molar-refractivity contribution in [3.63, 3.8) is 0 Å². The Morgan fingerprint density at radius 3 is 2.58 bits per heavy atom. The van der Waals surface area contributed by atoms with Crippen molar-refractivity contribution in [3.8, 4) is 0 Å². The number of nitrogens with zero attached hydrogens (tertiary/aromatic N) is 1. The van der Waals surface area contributed by atoms with Gasteiger partial charge in [-0.25, -0.2) is 8.42 Å². The Hall–Kier alpha value is -1.64. The smallest absolute Gasteiger partial charge is 0.248 e. The highest BCUT2D eigenvalue weighted by Crippen LogP contribution is 2.63. The first kappa shape index (κ1) is 21.2. The summed E-state index contributed by atoms with van der Waals surface area (Å²) in [7, 11) is -3.98. The Labute approximate surface area is 187 Å². The molecule has 6 rings (SSSR count). The lowest BCUT2D eigenvalue weighted by Crippen LogP contribution is -2.62. The van der Waals surface area contributed by atoms with Gasteiger partial charge in [0.25, 0.3) is 0 Å². The largest absolute Gasteiger partial charge is 0.366 e. The molecule has 1 heterocycles. The van der Waals surface area contributed by atoms with Gasteiger partial charge in [-0.15, -0.1) is 0 Å². The number of amides is 2. The predicted octanol–water partition coefficient (Wildman–Crippen LogP) is 2.68. The molecular weight excluding hydrogens is 438 g/mol. The molecule has 168 valence electrons. The summed E-state index contributed by atoms with van der Waals surface area (Å²) < 4.78 is 27.9. The maximum atomic E-state index is 13.3. The van der Waals surface area contributed by atoms with Crippen molar-refractivity contribution >= 4 is 33.4 Å². The number of hydrogen-bond acceptors (Lipinski definition) is 4. The van der Waals surface area contributed by atoms with Gasteiger partial charge >= 0.3 is 0 Å². The second kappa shape index (κ2) is 7.46. The van der Waals surface area contributed by atoms with Crippen LogP contribution in [0, 0.1) is 17.3 Å². The summed E-state index contributed by atoms with van der Waals surface area (Å²) in [6.07, 6.45) is 8.41. The molecule has 31 heavy (non-hydrogen) atoms. The van der Waals surface area contributed by atoms with E-state index in [1.165, 1.54) is 54.6 Å². The van der Waals surface area contributed by atoms with Gasteiger partial charge in [0, 0.05) is 18.2 Å². The van der Waals surface area contributed by atoms with E-state index in [-0.39, 0.29) is 34.0 Å². The molecule has 4 aliphatic carbocycles. The van der Waals surface area contributed by atoms with Gasteiger partial charge in [0.2, 0.25) is 21.8 Å². The van der Waals surface area contributed by atoms with E-state index < -0.39 is 22.0 Å². The zero-order chi connectivity index (χ0) is 22.0. The van der Waals surface area contributed by atoms with Crippen LogP contribution in [-0.2, 0) is 14.8 Å². The monoisotopic (exact) mass is 465 g/mol. The van der Waals surface area contributed by atoms with E-state index in [1.807, 2.05) is 0 Å². The van der Waals surface area contributed by atoms with Gasteiger partial charge in [0.05, 0.1) is 5.02 Å². The van der Waals surface area contributed by atoms with Crippen LogP contribution in [0.4, 0.5) is 0 Å². The van der Waals surface area contributed by atoms with Gasteiger partial charge in [-0.3, -0.25) is 9.59 Å². The molecule has 9 heteroatoms. The summed E-state index contributed by atoms with van der Waals surface area (Å²) in [6.45, 7) is 0.273. The summed E-state index contributed by atoms with van der Waals surface area (Å²) in [4.78, 5) is 24.5. The first-order valence-corrected chi connectivity index (χ1v) is 12.9. The Kier molecular flexibility index (Phi) is 5.10. The van der Waals surface area contributed by atoms with E-state index in [1.54, 1.807) is 0 Å². The Bertz CT molecular complexity index is 1040. The molecule has 0 aromatic heterocycles. The summed E-state index contributed by atoms with van der Waals surface area (Å²) >= 11 is 6.19. The predicted molar refractivity (Wildman–Crippen MR) is 116 cm³/mol. The Morgan fingerprint density at radius 1 is 1.13 bits per heavy atom. The highest BCUT2D eigenvalue weighted by atomic mass is 35.5. The fourth-order valence-electron chi connectivity index (χ4n) is 6.64. The number of nitrogens with two attached hydrogens (primary N) is 1. The molecular formula is C22H28ClN3O4S. The first-order valence-electron chi connectivity index (χ1n) is 11.1. The number of primary amides is 1. The van der Waals surface area contributed by atoms with Crippen molar-refractivity contribution in [1.82, 2.24) is 9.62 Å². The molecule has 3 N–H and O–H groups in total. The second-order valence-corrected chi connectivity index (χ2v) is 12.1. The van der Waals surface area contributed by atoms with Crippen LogP contribution >= 0.6 is 11.6 Å². The number of rotatable bonds is 5. The third-order valence-electron chi connectivity index (χ3n) is 8.00. The average Bonchev–Trinajstić information content (AvgIpc) is 3.20. The molecule has 2 amide bonds. The molecule has 1 spiro atoms. The van der Waals surface area contributed by atoms with Gasteiger partial charge in [-0.05, 0) is 80.4 Å². The highest BCUT2D eigenvalue weighted by Gasteiger charge is 2.57.